The zero-order chi connectivity index (χ0) is 16.4. The molecule has 2 aromatic rings. The first kappa shape index (κ1) is 15.9. The Bertz CT molecular complexity index is 826. The van der Waals surface area contributed by atoms with E-state index < -0.39 is 9.84 Å². The number of benzene rings is 1. The highest BCUT2D eigenvalue weighted by atomic mass is 32.2. The first-order valence-electron chi connectivity index (χ1n) is 7.59. The van der Waals surface area contributed by atoms with E-state index in [2.05, 4.69) is 5.32 Å². The van der Waals surface area contributed by atoms with Crippen molar-refractivity contribution in [3.63, 3.8) is 0 Å². The van der Waals surface area contributed by atoms with Crippen LogP contribution >= 0.6 is 0 Å². The third-order valence-corrected chi connectivity index (χ3v) is 5.92. The summed E-state index contributed by atoms with van der Waals surface area (Å²) in [7, 11) is -1.34. The highest BCUT2D eigenvalue weighted by molar-refractivity contribution is 7.91. The van der Waals surface area contributed by atoms with Crippen molar-refractivity contribution in [1.29, 1.82) is 0 Å². The second-order valence-electron chi connectivity index (χ2n) is 5.85. The van der Waals surface area contributed by atoms with Crippen molar-refractivity contribution in [2.45, 2.75) is 25.4 Å². The van der Waals surface area contributed by atoms with Gasteiger partial charge in [0.05, 0.1) is 18.6 Å². The van der Waals surface area contributed by atoms with Gasteiger partial charge >= 0.3 is 0 Å². The predicted octanol–water partition coefficient (Wildman–Crippen LogP) is 1.34. The van der Waals surface area contributed by atoms with Gasteiger partial charge in [-0.3, -0.25) is 4.79 Å². The molecule has 1 amide bonds. The van der Waals surface area contributed by atoms with Crippen molar-refractivity contribution >= 4 is 26.6 Å². The summed E-state index contributed by atoms with van der Waals surface area (Å²) in [4.78, 5) is 12.0. The Labute approximate surface area is 135 Å². The topological polar surface area (TPSA) is 77.4 Å². The molecule has 3 rings (SSSR count). The summed E-state index contributed by atoms with van der Waals surface area (Å²) in [5, 5.41) is 3.87. The minimum Gasteiger partial charge on any atom is -0.497 e. The molecule has 1 N–H and O–H groups in total. The number of hydrogen-bond donors (Lipinski definition) is 1. The maximum Gasteiger partial charge on any atom is 0.222 e. The van der Waals surface area contributed by atoms with Gasteiger partial charge in [0, 0.05) is 36.1 Å². The zero-order valence-corrected chi connectivity index (χ0v) is 13.8. The number of methoxy groups -OCH3 is 1. The normalized spacial score (nSPS) is 19.8. The smallest absolute Gasteiger partial charge is 0.222 e. The second-order valence-corrected chi connectivity index (χ2v) is 8.08. The zero-order valence-electron chi connectivity index (χ0n) is 13.0. The number of aryl methyl sites for hydroxylation is 1. The van der Waals surface area contributed by atoms with Gasteiger partial charge in [0.2, 0.25) is 5.91 Å². The van der Waals surface area contributed by atoms with Crippen LogP contribution in [0.15, 0.2) is 30.5 Å². The molecule has 1 fully saturated rings. The monoisotopic (exact) mass is 336 g/mol. The van der Waals surface area contributed by atoms with E-state index in [4.69, 9.17) is 4.74 Å². The summed E-state index contributed by atoms with van der Waals surface area (Å²) < 4.78 is 30.0. The summed E-state index contributed by atoms with van der Waals surface area (Å²) >= 11 is 0. The number of rotatable bonds is 5. The number of carbonyl (C=O) groups is 1. The van der Waals surface area contributed by atoms with E-state index >= 15 is 0 Å². The molecule has 23 heavy (non-hydrogen) atoms. The molecule has 1 aromatic carbocycles. The Hall–Kier alpha value is -2.02. The largest absolute Gasteiger partial charge is 0.497 e. The average molecular weight is 336 g/mol. The molecule has 0 aliphatic carbocycles. The molecule has 0 saturated carbocycles. The summed E-state index contributed by atoms with van der Waals surface area (Å²) in [6, 6.07) is 7.56. The van der Waals surface area contributed by atoms with E-state index in [9.17, 15) is 13.2 Å². The fourth-order valence-electron chi connectivity index (χ4n) is 2.93. The molecule has 0 spiro atoms. The van der Waals surface area contributed by atoms with Crippen molar-refractivity contribution in [2.24, 2.45) is 0 Å². The average Bonchev–Trinajstić information content (AvgIpc) is 3.07. The molecule has 0 radical (unpaired) electrons. The lowest BCUT2D eigenvalue weighted by Crippen LogP contribution is -2.35. The summed E-state index contributed by atoms with van der Waals surface area (Å²) in [5.41, 5.74) is 1.04. The molecule has 124 valence electrons. The maximum absolute atomic E-state index is 12.0. The van der Waals surface area contributed by atoms with Crippen LogP contribution in [0, 0.1) is 0 Å². The molecule has 1 aliphatic rings. The van der Waals surface area contributed by atoms with Crippen LogP contribution in [0.25, 0.3) is 10.9 Å². The van der Waals surface area contributed by atoms with Gasteiger partial charge in [-0.05, 0) is 30.7 Å². The SMILES string of the molecule is COc1ccc2c(ccn2CCC(=O)N[C@@H]2CCS(=O)(=O)C2)c1. The van der Waals surface area contributed by atoms with Crippen molar-refractivity contribution in [3.8, 4) is 5.75 Å². The standard InChI is InChI=1S/C16H20N2O4S/c1-22-14-2-3-15-12(10-14)4-7-18(15)8-5-16(19)17-13-6-9-23(20,21)11-13/h2-4,7,10,13H,5-6,8-9,11H2,1H3,(H,17,19)/t13-/m1/s1. The van der Waals surface area contributed by atoms with E-state index in [1.165, 1.54) is 0 Å². The third-order valence-electron chi connectivity index (χ3n) is 4.16. The Balaban J connectivity index is 1.59. The van der Waals surface area contributed by atoms with Crippen molar-refractivity contribution in [1.82, 2.24) is 9.88 Å². The van der Waals surface area contributed by atoms with E-state index in [0.717, 1.165) is 16.7 Å². The van der Waals surface area contributed by atoms with Crippen LogP contribution in [-0.2, 0) is 21.2 Å². The molecule has 0 bridgehead atoms. The summed E-state index contributed by atoms with van der Waals surface area (Å²) in [6.07, 6.45) is 2.78. The number of hydrogen-bond acceptors (Lipinski definition) is 4. The molecule has 1 saturated heterocycles. The first-order chi connectivity index (χ1) is 11.0. The molecule has 1 aliphatic heterocycles. The molecule has 1 atom stereocenters. The van der Waals surface area contributed by atoms with Crippen LogP contribution in [0.1, 0.15) is 12.8 Å². The quantitative estimate of drug-likeness (QED) is 0.894. The van der Waals surface area contributed by atoms with E-state index in [0.29, 0.717) is 19.4 Å². The van der Waals surface area contributed by atoms with Gasteiger partial charge in [-0.2, -0.15) is 0 Å². The minimum absolute atomic E-state index is 0.0605. The van der Waals surface area contributed by atoms with Crippen molar-refractivity contribution in [3.05, 3.63) is 30.5 Å². The summed E-state index contributed by atoms with van der Waals surface area (Å²) in [5.74, 6) is 0.922. The van der Waals surface area contributed by atoms with Crippen LogP contribution in [0.3, 0.4) is 0 Å². The lowest BCUT2D eigenvalue weighted by atomic mass is 10.2. The third kappa shape index (κ3) is 3.67. The Morgan fingerprint density at radius 3 is 2.91 bits per heavy atom. The van der Waals surface area contributed by atoms with E-state index in [1.807, 2.05) is 35.0 Å². The number of carbonyl (C=O) groups excluding carboxylic acids is 1. The first-order valence-corrected chi connectivity index (χ1v) is 9.42. The number of nitrogens with one attached hydrogen (secondary N) is 1. The lowest BCUT2D eigenvalue weighted by molar-refractivity contribution is -0.121. The van der Waals surface area contributed by atoms with E-state index in [1.54, 1.807) is 7.11 Å². The molecule has 2 heterocycles. The second kappa shape index (κ2) is 6.23. The molecule has 7 heteroatoms. The fraction of sp³-hybridized carbons (Fsp3) is 0.438. The Morgan fingerprint density at radius 1 is 1.39 bits per heavy atom. The summed E-state index contributed by atoms with van der Waals surface area (Å²) in [6.45, 7) is 0.557. The number of nitrogens with zero attached hydrogens (tertiary/aromatic N) is 1. The van der Waals surface area contributed by atoms with Crippen LogP contribution in [0.4, 0.5) is 0 Å². The van der Waals surface area contributed by atoms with Crippen LogP contribution < -0.4 is 10.1 Å². The van der Waals surface area contributed by atoms with Gasteiger partial charge in [-0.15, -0.1) is 0 Å². The molecule has 6 nitrogen and oxygen atoms in total. The number of aromatic nitrogens is 1. The van der Waals surface area contributed by atoms with E-state index in [-0.39, 0.29) is 23.5 Å². The van der Waals surface area contributed by atoms with Gasteiger partial charge < -0.3 is 14.6 Å². The van der Waals surface area contributed by atoms with Crippen LogP contribution in [0.2, 0.25) is 0 Å². The van der Waals surface area contributed by atoms with Gasteiger partial charge in [0.15, 0.2) is 9.84 Å². The fourth-order valence-corrected chi connectivity index (χ4v) is 4.60. The lowest BCUT2D eigenvalue weighted by Gasteiger charge is -2.11. The molecular weight excluding hydrogens is 316 g/mol. The van der Waals surface area contributed by atoms with Gasteiger partial charge in [-0.25, -0.2) is 8.42 Å². The minimum atomic E-state index is -2.97. The number of fused-ring (bicyclic) bond motifs is 1. The van der Waals surface area contributed by atoms with Gasteiger partial charge in [0.1, 0.15) is 5.75 Å². The predicted molar refractivity (Wildman–Crippen MR) is 88.3 cm³/mol. The highest BCUT2D eigenvalue weighted by Crippen LogP contribution is 2.22. The number of sulfone groups is 1. The van der Waals surface area contributed by atoms with Crippen LogP contribution in [-0.4, -0.2) is 43.5 Å². The molecule has 1 aromatic heterocycles. The van der Waals surface area contributed by atoms with Crippen molar-refractivity contribution < 1.29 is 17.9 Å². The van der Waals surface area contributed by atoms with Crippen molar-refractivity contribution in [2.75, 3.05) is 18.6 Å². The number of ether oxygens (including phenoxy) is 1. The maximum atomic E-state index is 12.0. The number of amides is 1. The Morgan fingerprint density at radius 2 is 2.22 bits per heavy atom. The van der Waals surface area contributed by atoms with Gasteiger partial charge in [0.25, 0.3) is 0 Å². The van der Waals surface area contributed by atoms with Gasteiger partial charge in [-0.1, -0.05) is 0 Å². The van der Waals surface area contributed by atoms with Crippen LogP contribution in [0.5, 0.6) is 5.75 Å². The molecular formula is C16H20N2O4S. The highest BCUT2D eigenvalue weighted by Gasteiger charge is 2.28. The molecule has 0 unspecified atom stereocenters. The Kier molecular flexibility index (Phi) is 4.30.